The predicted molar refractivity (Wildman–Crippen MR) is 139 cm³/mol. The van der Waals surface area contributed by atoms with Crippen molar-refractivity contribution in [2.45, 2.75) is 40.7 Å². The van der Waals surface area contributed by atoms with Crippen molar-refractivity contribution in [1.82, 2.24) is 0 Å². The third kappa shape index (κ3) is 12.2. The number of carbonyl (C=O) groups excluding carboxylic acids is 2. The van der Waals surface area contributed by atoms with Crippen molar-refractivity contribution in [2.24, 2.45) is 11.8 Å². The molecule has 3 rings (SSSR count). The lowest BCUT2D eigenvalue weighted by atomic mass is 10.0. The van der Waals surface area contributed by atoms with Crippen LogP contribution < -0.4 is 0 Å². The minimum absolute atomic E-state index is 0.121. The summed E-state index contributed by atoms with van der Waals surface area (Å²) in [6.45, 7) is 12.0. The molecule has 4 heteroatoms. The van der Waals surface area contributed by atoms with Crippen LogP contribution in [0.3, 0.4) is 0 Å². The summed E-state index contributed by atoms with van der Waals surface area (Å²) in [4.78, 5) is 22.5. The molecule has 0 fully saturated rings. The molecule has 1 N–H and O–H groups in total. The molecule has 0 radical (unpaired) electrons. The zero-order valence-corrected chi connectivity index (χ0v) is 21.0. The average Bonchev–Trinajstić information content (AvgIpc) is 2.85. The first-order valence-corrected chi connectivity index (χ1v) is 11.7. The highest BCUT2D eigenvalue weighted by molar-refractivity contribution is 5.99. The van der Waals surface area contributed by atoms with Gasteiger partial charge in [0.25, 0.3) is 0 Å². The quantitative estimate of drug-likeness (QED) is 0.374. The summed E-state index contributed by atoms with van der Waals surface area (Å²) in [7, 11) is 0. The summed E-state index contributed by atoms with van der Waals surface area (Å²) in [5.41, 5.74) is 1.92. The number of carbonyl (C=O) groups is 2. The van der Waals surface area contributed by atoms with Gasteiger partial charge in [0, 0.05) is 24.3 Å². The SMILES string of the molecule is CC(=O)c1ccccc1.CC(C)COCC(C)C.O=C(c1ccccc1)C(O)c1ccccc1. The number of hydrogen-bond acceptors (Lipinski definition) is 4. The maximum Gasteiger partial charge on any atom is 0.195 e. The van der Waals surface area contributed by atoms with Gasteiger partial charge in [-0.05, 0) is 24.3 Å². The fourth-order valence-corrected chi connectivity index (χ4v) is 2.76. The Morgan fingerprint density at radius 3 is 1.41 bits per heavy atom. The van der Waals surface area contributed by atoms with E-state index in [1.165, 1.54) is 0 Å². The Balaban J connectivity index is 0.000000276. The van der Waals surface area contributed by atoms with Gasteiger partial charge in [0.2, 0.25) is 0 Å². The van der Waals surface area contributed by atoms with Crippen LogP contribution in [-0.4, -0.2) is 29.9 Å². The number of ether oxygens (including phenoxy) is 1. The first kappa shape index (κ1) is 29.0. The first-order chi connectivity index (χ1) is 16.2. The van der Waals surface area contributed by atoms with Crippen LogP contribution >= 0.6 is 0 Å². The molecule has 3 aromatic rings. The molecule has 0 saturated heterocycles. The molecule has 0 aliphatic rings. The van der Waals surface area contributed by atoms with E-state index in [2.05, 4.69) is 27.7 Å². The predicted octanol–water partition coefficient (Wildman–Crippen LogP) is 6.81. The van der Waals surface area contributed by atoms with Crippen molar-refractivity contribution in [3.8, 4) is 0 Å². The number of Topliss-reactive ketones (excluding diaryl/α,β-unsaturated/α-hetero) is 2. The summed E-state index contributed by atoms with van der Waals surface area (Å²) >= 11 is 0. The van der Waals surface area contributed by atoms with Gasteiger partial charge in [-0.1, -0.05) is 119 Å². The lowest BCUT2D eigenvalue weighted by Crippen LogP contribution is -2.11. The summed E-state index contributed by atoms with van der Waals surface area (Å²) < 4.78 is 5.36. The van der Waals surface area contributed by atoms with Gasteiger partial charge in [-0.2, -0.15) is 0 Å². The number of aliphatic hydroxyl groups is 1. The van der Waals surface area contributed by atoms with Gasteiger partial charge < -0.3 is 9.84 Å². The smallest absolute Gasteiger partial charge is 0.195 e. The summed E-state index contributed by atoms with van der Waals surface area (Å²) in [6.07, 6.45) is -1.08. The molecular formula is C30H38O4. The van der Waals surface area contributed by atoms with Crippen molar-refractivity contribution >= 4 is 11.6 Å². The molecule has 1 atom stereocenters. The molecule has 4 nitrogen and oxygen atoms in total. The van der Waals surface area contributed by atoms with Gasteiger partial charge >= 0.3 is 0 Å². The molecule has 182 valence electrons. The Morgan fingerprint density at radius 2 is 1.06 bits per heavy atom. The van der Waals surface area contributed by atoms with E-state index in [0.717, 1.165) is 18.8 Å². The third-order valence-corrected chi connectivity index (χ3v) is 4.50. The molecule has 0 amide bonds. The van der Waals surface area contributed by atoms with Crippen LogP contribution in [0.2, 0.25) is 0 Å². The fourth-order valence-electron chi connectivity index (χ4n) is 2.76. The zero-order valence-electron chi connectivity index (χ0n) is 21.0. The van der Waals surface area contributed by atoms with Gasteiger partial charge in [-0.25, -0.2) is 0 Å². The molecule has 34 heavy (non-hydrogen) atoms. The summed E-state index contributed by atoms with van der Waals surface area (Å²) in [6, 6.07) is 27.0. The van der Waals surface area contributed by atoms with E-state index >= 15 is 0 Å². The van der Waals surface area contributed by atoms with Crippen LogP contribution in [0, 0.1) is 11.8 Å². The Labute approximate surface area is 204 Å². The molecule has 0 heterocycles. The van der Waals surface area contributed by atoms with E-state index in [1.54, 1.807) is 55.5 Å². The monoisotopic (exact) mass is 462 g/mol. The molecule has 0 saturated carbocycles. The first-order valence-electron chi connectivity index (χ1n) is 11.7. The fraction of sp³-hybridized carbons (Fsp3) is 0.333. The Kier molecular flexibility index (Phi) is 14.1. The minimum atomic E-state index is -1.08. The summed E-state index contributed by atoms with van der Waals surface area (Å²) in [5.74, 6) is 1.19. The molecule has 0 aromatic heterocycles. The van der Waals surface area contributed by atoms with Crippen LogP contribution in [0.1, 0.15) is 67.0 Å². The number of hydrogen-bond donors (Lipinski definition) is 1. The van der Waals surface area contributed by atoms with Crippen molar-refractivity contribution < 1.29 is 19.4 Å². The second kappa shape index (κ2) is 16.5. The summed E-state index contributed by atoms with van der Waals surface area (Å²) in [5, 5.41) is 9.89. The van der Waals surface area contributed by atoms with Crippen molar-refractivity contribution in [1.29, 1.82) is 0 Å². The second-order valence-corrected chi connectivity index (χ2v) is 8.79. The highest BCUT2D eigenvalue weighted by Crippen LogP contribution is 2.17. The van der Waals surface area contributed by atoms with Crippen LogP contribution in [0.4, 0.5) is 0 Å². The highest BCUT2D eigenvalue weighted by Gasteiger charge is 2.18. The van der Waals surface area contributed by atoms with Crippen molar-refractivity contribution in [3.63, 3.8) is 0 Å². The number of aliphatic hydroxyl groups excluding tert-OH is 1. The van der Waals surface area contributed by atoms with E-state index in [4.69, 9.17) is 4.74 Å². The largest absolute Gasteiger partial charge is 0.381 e. The normalized spacial score (nSPS) is 11.1. The van der Waals surface area contributed by atoms with Crippen LogP contribution in [-0.2, 0) is 4.74 Å². The Morgan fingerprint density at radius 1 is 0.676 bits per heavy atom. The topological polar surface area (TPSA) is 63.6 Å². The molecule has 0 bridgehead atoms. The highest BCUT2D eigenvalue weighted by atomic mass is 16.5. The lowest BCUT2D eigenvalue weighted by Gasteiger charge is -2.09. The average molecular weight is 463 g/mol. The molecule has 0 spiro atoms. The maximum atomic E-state index is 11.9. The third-order valence-electron chi connectivity index (χ3n) is 4.50. The van der Waals surface area contributed by atoms with Gasteiger partial charge in [-0.3, -0.25) is 9.59 Å². The van der Waals surface area contributed by atoms with E-state index in [1.807, 2.05) is 42.5 Å². The van der Waals surface area contributed by atoms with E-state index < -0.39 is 6.10 Å². The molecular weight excluding hydrogens is 424 g/mol. The van der Waals surface area contributed by atoms with E-state index in [9.17, 15) is 14.7 Å². The Hall–Kier alpha value is -3.08. The molecule has 0 aliphatic heterocycles. The molecule has 0 aliphatic carbocycles. The molecule has 1 unspecified atom stereocenters. The lowest BCUT2D eigenvalue weighted by molar-refractivity contribution is 0.0747. The van der Waals surface area contributed by atoms with Crippen LogP contribution in [0.15, 0.2) is 91.0 Å². The Bertz CT molecular complexity index is 927. The second-order valence-electron chi connectivity index (χ2n) is 8.79. The molecule has 3 aromatic carbocycles. The standard InChI is InChI=1S/C14H12O2.C8H8O.C8H18O/c15-13(11-7-3-1-4-8-11)14(16)12-9-5-2-6-10-12;1-7(9)8-5-3-2-4-6-8;1-7(2)5-9-6-8(3)4/h1-10,13,15H;2-6H,1H3;7-8H,5-6H2,1-4H3. The van der Waals surface area contributed by atoms with Crippen molar-refractivity contribution in [2.75, 3.05) is 13.2 Å². The maximum absolute atomic E-state index is 11.9. The number of benzene rings is 3. The zero-order chi connectivity index (χ0) is 25.3. The minimum Gasteiger partial charge on any atom is -0.381 e. The number of rotatable bonds is 8. The van der Waals surface area contributed by atoms with Gasteiger partial charge in [0.15, 0.2) is 11.6 Å². The van der Waals surface area contributed by atoms with E-state index in [-0.39, 0.29) is 11.6 Å². The van der Waals surface area contributed by atoms with Gasteiger partial charge in [-0.15, -0.1) is 0 Å². The van der Waals surface area contributed by atoms with Crippen LogP contribution in [0.5, 0.6) is 0 Å². The van der Waals surface area contributed by atoms with Crippen LogP contribution in [0.25, 0.3) is 0 Å². The van der Waals surface area contributed by atoms with Gasteiger partial charge in [0.1, 0.15) is 6.10 Å². The van der Waals surface area contributed by atoms with Gasteiger partial charge in [0.05, 0.1) is 0 Å². The number of ketones is 2. The van der Waals surface area contributed by atoms with E-state index in [0.29, 0.717) is 23.0 Å². The van der Waals surface area contributed by atoms with Crippen molar-refractivity contribution in [3.05, 3.63) is 108 Å².